The van der Waals surface area contributed by atoms with Gasteiger partial charge in [0.1, 0.15) is 0 Å². The summed E-state index contributed by atoms with van der Waals surface area (Å²) in [4.78, 5) is 11.8. The molecule has 3 rings (SSSR count). The third-order valence-corrected chi connectivity index (χ3v) is 4.66. The summed E-state index contributed by atoms with van der Waals surface area (Å²) in [5, 5.41) is 15.4. The van der Waals surface area contributed by atoms with Crippen molar-refractivity contribution in [1.82, 2.24) is 20.4 Å². The van der Waals surface area contributed by atoms with Crippen LogP contribution in [0.2, 0.25) is 5.02 Å². The Bertz CT molecular complexity index is 930. The maximum atomic E-state index is 12.4. The highest BCUT2D eigenvalue weighted by molar-refractivity contribution is 7.99. The number of carbonyl (C=O) groups excluding carboxylic acids is 1. The molecule has 0 saturated carbocycles. The number of nitrogens with one attached hydrogen (secondary N) is 1. The number of aromatic nitrogens is 4. The van der Waals surface area contributed by atoms with Crippen molar-refractivity contribution in [2.24, 2.45) is 0 Å². The monoisotopic (exact) mass is 421 g/mol. The third kappa shape index (κ3) is 4.71. The van der Waals surface area contributed by atoms with Crippen LogP contribution in [-0.4, -0.2) is 32.1 Å². The van der Waals surface area contributed by atoms with E-state index in [0.717, 1.165) is 11.8 Å². The van der Waals surface area contributed by atoms with Gasteiger partial charge in [-0.1, -0.05) is 40.8 Å². The van der Waals surface area contributed by atoms with Gasteiger partial charge < -0.3 is 4.42 Å². The molecule has 0 radical (unpaired) electrons. The lowest BCUT2D eigenvalue weighted by Crippen LogP contribution is -2.13. The van der Waals surface area contributed by atoms with Gasteiger partial charge in [-0.25, -0.2) is 0 Å². The average Bonchev–Trinajstić information content (AvgIpc) is 3.22. The molecule has 0 fully saturated rings. The van der Waals surface area contributed by atoms with Gasteiger partial charge in [-0.15, -0.1) is 20.4 Å². The normalized spacial score (nSPS) is 11.5. The molecule has 136 valence electrons. The lowest BCUT2D eigenvalue weighted by molar-refractivity contribution is -0.138. The van der Waals surface area contributed by atoms with Crippen molar-refractivity contribution in [2.75, 3.05) is 11.1 Å². The zero-order valence-electron chi connectivity index (χ0n) is 12.5. The number of amides is 1. The number of carbonyl (C=O) groups is 1. The van der Waals surface area contributed by atoms with E-state index in [-0.39, 0.29) is 33.3 Å². The van der Waals surface area contributed by atoms with Crippen molar-refractivity contribution in [3.63, 3.8) is 0 Å². The van der Waals surface area contributed by atoms with Crippen LogP contribution in [0.1, 0.15) is 5.01 Å². The lowest BCUT2D eigenvalue weighted by atomic mass is 10.2. The average molecular weight is 422 g/mol. The number of anilines is 1. The minimum Gasteiger partial charge on any atom is -0.411 e. The molecule has 0 bridgehead atoms. The highest BCUT2D eigenvalue weighted by Crippen LogP contribution is 2.33. The predicted molar refractivity (Wildman–Crippen MR) is 89.0 cm³/mol. The van der Waals surface area contributed by atoms with Crippen LogP contribution >= 0.6 is 34.7 Å². The van der Waals surface area contributed by atoms with E-state index in [9.17, 15) is 18.0 Å². The number of rotatable bonds is 5. The van der Waals surface area contributed by atoms with Crippen LogP contribution in [-0.2, 0) is 11.0 Å². The van der Waals surface area contributed by atoms with Gasteiger partial charge in [0.2, 0.25) is 21.9 Å². The smallest absolute Gasteiger partial charge is 0.411 e. The van der Waals surface area contributed by atoms with Crippen molar-refractivity contribution < 1.29 is 22.4 Å². The largest absolute Gasteiger partial charge is 0.445 e. The molecule has 1 aromatic carbocycles. The summed E-state index contributed by atoms with van der Waals surface area (Å²) >= 11 is 7.05. The summed E-state index contributed by atoms with van der Waals surface area (Å²) in [5.41, 5.74) is 0.620. The van der Waals surface area contributed by atoms with E-state index >= 15 is 0 Å². The summed E-state index contributed by atoms with van der Waals surface area (Å²) in [5.74, 6) is -0.505. The first-order valence-corrected chi connectivity index (χ1v) is 8.92. The van der Waals surface area contributed by atoms with E-state index in [0.29, 0.717) is 10.6 Å². The van der Waals surface area contributed by atoms with Crippen molar-refractivity contribution in [3.8, 4) is 11.5 Å². The van der Waals surface area contributed by atoms with Gasteiger partial charge in [0.15, 0.2) is 0 Å². The number of nitrogens with zero attached hydrogens (tertiary/aromatic N) is 4. The Kier molecular flexibility index (Phi) is 5.44. The zero-order chi connectivity index (χ0) is 18.7. The van der Waals surface area contributed by atoms with Crippen LogP contribution in [0.15, 0.2) is 33.9 Å². The van der Waals surface area contributed by atoms with Gasteiger partial charge in [0, 0.05) is 10.6 Å². The predicted octanol–water partition coefficient (Wildman–Crippen LogP) is 3.99. The summed E-state index contributed by atoms with van der Waals surface area (Å²) in [7, 11) is 0. The maximum absolute atomic E-state index is 12.4. The standard InChI is InChI=1S/C13H7ClF3N5O2S2/c14-7-3-1-2-6(4-7)9-19-22-12(24-9)25-5-8(23)18-11-21-20-10(26-11)13(15,16)17/h1-4H,5H2,(H,18,21,23). The Morgan fingerprint density at radius 1 is 1.27 bits per heavy atom. The van der Waals surface area contributed by atoms with Crippen LogP contribution in [0.5, 0.6) is 0 Å². The molecule has 3 aromatic rings. The minimum absolute atomic E-state index is 0.128. The topological polar surface area (TPSA) is 93.8 Å². The first kappa shape index (κ1) is 18.6. The summed E-state index contributed by atoms with van der Waals surface area (Å²) in [6, 6.07) is 6.79. The highest BCUT2D eigenvalue weighted by Gasteiger charge is 2.35. The quantitative estimate of drug-likeness (QED) is 0.622. The summed E-state index contributed by atoms with van der Waals surface area (Å²) < 4.78 is 42.7. The Hall–Kier alpha value is -2.18. The molecule has 2 aromatic heterocycles. The Morgan fingerprint density at radius 2 is 2.08 bits per heavy atom. The number of thioether (sulfide) groups is 1. The second-order valence-corrected chi connectivity index (χ2v) is 6.97. The summed E-state index contributed by atoms with van der Waals surface area (Å²) in [6.07, 6.45) is -4.60. The molecule has 0 unspecified atom stereocenters. The Labute approximate surface area is 157 Å². The van der Waals surface area contributed by atoms with Crippen LogP contribution in [0, 0.1) is 0 Å². The highest BCUT2D eigenvalue weighted by atomic mass is 35.5. The fourth-order valence-corrected chi connectivity index (χ4v) is 3.06. The van der Waals surface area contributed by atoms with E-state index < -0.39 is 17.1 Å². The van der Waals surface area contributed by atoms with E-state index in [4.69, 9.17) is 16.0 Å². The van der Waals surface area contributed by atoms with Crippen molar-refractivity contribution in [3.05, 3.63) is 34.3 Å². The van der Waals surface area contributed by atoms with Gasteiger partial charge in [-0.05, 0) is 18.2 Å². The lowest BCUT2D eigenvalue weighted by Gasteiger charge is -1.99. The molecule has 0 aliphatic heterocycles. The molecule has 26 heavy (non-hydrogen) atoms. The molecule has 7 nitrogen and oxygen atoms in total. The van der Waals surface area contributed by atoms with Gasteiger partial charge in [-0.3, -0.25) is 10.1 Å². The molecule has 2 heterocycles. The second-order valence-electron chi connectivity index (χ2n) is 4.63. The first-order chi connectivity index (χ1) is 12.3. The van der Waals surface area contributed by atoms with Crippen LogP contribution in [0.4, 0.5) is 18.3 Å². The van der Waals surface area contributed by atoms with Crippen molar-refractivity contribution >= 4 is 45.7 Å². The molecule has 0 aliphatic carbocycles. The minimum atomic E-state index is -4.60. The van der Waals surface area contributed by atoms with Crippen molar-refractivity contribution in [1.29, 1.82) is 0 Å². The van der Waals surface area contributed by atoms with Gasteiger partial charge in [-0.2, -0.15) is 13.2 Å². The Balaban J connectivity index is 1.56. The number of hydrogen-bond acceptors (Lipinski definition) is 8. The fraction of sp³-hybridized carbons (Fsp3) is 0.154. The van der Waals surface area contributed by atoms with Gasteiger partial charge >= 0.3 is 6.18 Å². The van der Waals surface area contributed by atoms with E-state index in [1.54, 1.807) is 24.3 Å². The van der Waals surface area contributed by atoms with Crippen molar-refractivity contribution in [2.45, 2.75) is 11.4 Å². The van der Waals surface area contributed by atoms with Gasteiger partial charge in [0.25, 0.3) is 5.22 Å². The molecule has 0 saturated heterocycles. The molecule has 1 N–H and O–H groups in total. The molecule has 13 heteroatoms. The summed E-state index contributed by atoms with van der Waals surface area (Å²) in [6.45, 7) is 0. The van der Waals surface area contributed by atoms with E-state index in [1.165, 1.54) is 0 Å². The molecular weight excluding hydrogens is 415 g/mol. The zero-order valence-corrected chi connectivity index (χ0v) is 14.8. The van der Waals surface area contributed by atoms with Gasteiger partial charge in [0.05, 0.1) is 5.75 Å². The second kappa shape index (κ2) is 7.60. The maximum Gasteiger partial charge on any atom is 0.445 e. The molecule has 1 amide bonds. The first-order valence-electron chi connectivity index (χ1n) is 6.74. The Morgan fingerprint density at radius 3 is 2.77 bits per heavy atom. The van der Waals surface area contributed by atoms with Crippen LogP contribution in [0.3, 0.4) is 0 Å². The molecule has 0 spiro atoms. The number of hydrogen-bond donors (Lipinski definition) is 1. The molecular formula is C13H7ClF3N5O2S2. The molecule has 0 atom stereocenters. The van der Waals surface area contributed by atoms with Crippen LogP contribution < -0.4 is 5.32 Å². The fourth-order valence-electron chi connectivity index (χ4n) is 1.68. The third-order valence-electron chi connectivity index (χ3n) is 2.72. The van der Waals surface area contributed by atoms with E-state index in [1.807, 2.05) is 0 Å². The number of halogens is 4. The van der Waals surface area contributed by atoms with Crippen LogP contribution in [0.25, 0.3) is 11.5 Å². The van der Waals surface area contributed by atoms with E-state index in [2.05, 4.69) is 25.7 Å². The SMILES string of the molecule is O=C(CSc1nnc(-c2cccc(Cl)c2)o1)Nc1nnc(C(F)(F)F)s1. The number of alkyl halides is 3. The molecule has 0 aliphatic rings. The number of benzene rings is 1.